The number of hydrogen-bond acceptors (Lipinski definition) is 1. The quantitative estimate of drug-likeness (QED) is 0.482. The van der Waals surface area contributed by atoms with Gasteiger partial charge in [-0.05, 0) is 29.9 Å². The predicted molar refractivity (Wildman–Crippen MR) is 45.2 cm³/mol. The first-order valence-electron chi connectivity index (χ1n) is 3.60. The molecule has 0 spiro atoms. The molecule has 62 valence electrons. The van der Waals surface area contributed by atoms with Crippen molar-refractivity contribution in [3.63, 3.8) is 0 Å². The van der Waals surface area contributed by atoms with Gasteiger partial charge in [0.1, 0.15) is 0 Å². The summed E-state index contributed by atoms with van der Waals surface area (Å²) in [7, 11) is 0. The van der Waals surface area contributed by atoms with Gasteiger partial charge in [0, 0.05) is 5.92 Å². The van der Waals surface area contributed by atoms with Crippen LogP contribution in [0.25, 0.3) is 0 Å². The van der Waals surface area contributed by atoms with Crippen molar-refractivity contribution in [1.82, 2.24) is 0 Å². The van der Waals surface area contributed by atoms with Crippen LogP contribution < -0.4 is 0 Å². The number of hydrogen-bond donors (Lipinski definition) is 0. The zero-order chi connectivity index (χ0) is 8.17. The summed E-state index contributed by atoms with van der Waals surface area (Å²) < 4.78 is 0. The first kappa shape index (κ1) is 8.15. The molecule has 0 radical (unpaired) electrons. The Hall–Kier alpha value is 0.540. The topological polar surface area (TPSA) is 17.1 Å². The maximum atomic E-state index is 10.8. The molecule has 0 amide bonds. The van der Waals surface area contributed by atoms with Crippen LogP contribution >= 0.6 is 34.8 Å². The molecule has 0 aliphatic heterocycles. The maximum absolute atomic E-state index is 10.8. The van der Waals surface area contributed by atoms with Crippen molar-refractivity contribution in [3.8, 4) is 0 Å². The van der Waals surface area contributed by atoms with Gasteiger partial charge in [-0.15, -0.1) is 23.2 Å². The molecule has 1 nitrogen and oxygen atoms in total. The lowest BCUT2D eigenvalue weighted by Gasteiger charge is -2.32. The van der Waals surface area contributed by atoms with Crippen LogP contribution in [0.15, 0.2) is 0 Å². The number of fused-ring (bicyclic) bond motifs is 1. The highest BCUT2D eigenvalue weighted by Gasteiger charge is 2.60. The monoisotopic (exact) mass is 212 g/mol. The highest BCUT2D eigenvalue weighted by atomic mass is 35.5. The standard InChI is InChI=1S/C7H7Cl3O/c8-5-2-1-3(6(5)9)4(2)7(10)11/h2-6H,1H2/t2-,3+,4?,5-,6-/m0/s1. The third-order valence-electron chi connectivity index (χ3n) is 2.85. The van der Waals surface area contributed by atoms with Crippen molar-refractivity contribution < 1.29 is 4.79 Å². The van der Waals surface area contributed by atoms with Gasteiger partial charge in [0.05, 0.1) is 10.8 Å². The van der Waals surface area contributed by atoms with Gasteiger partial charge in [0.2, 0.25) is 5.24 Å². The average Bonchev–Trinajstić information content (AvgIpc) is 2.17. The molecule has 0 N–H and O–H groups in total. The summed E-state index contributed by atoms with van der Waals surface area (Å²) in [5.74, 6) is 0.435. The van der Waals surface area contributed by atoms with Crippen LogP contribution in [0.3, 0.4) is 0 Å². The highest BCUT2D eigenvalue weighted by molar-refractivity contribution is 6.64. The molecule has 2 bridgehead atoms. The molecular weight excluding hydrogens is 206 g/mol. The fourth-order valence-corrected chi connectivity index (χ4v) is 3.41. The van der Waals surface area contributed by atoms with E-state index in [-0.39, 0.29) is 33.8 Å². The minimum Gasteiger partial charge on any atom is -0.281 e. The van der Waals surface area contributed by atoms with Crippen LogP contribution in [0.5, 0.6) is 0 Å². The Balaban J connectivity index is 2.17. The molecule has 1 unspecified atom stereocenters. The Morgan fingerprint density at radius 3 is 1.82 bits per heavy atom. The van der Waals surface area contributed by atoms with Crippen molar-refractivity contribution in [2.24, 2.45) is 17.8 Å². The lowest BCUT2D eigenvalue weighted by Crippen LogP contribution is -2.34. The fraction of sp³-hybridized carbons (Fsp3) is 0.857. The van der Waals surface area contributed by atoms with Gasteiger partial charge in [0.15, 0.2) is 0 Å². The van der Waals surface area contributed by atoms with Gasteiger partial charge >= 0.3 is 0 Å². The van der Waals surface area contributed by atoms with E-state index in [0.29, 0.717) is 0 Å². The highest BCUT2D eigenvalue weighted by Crippen LogP contribution is 2.58. The van der Waals surface area contributed by atoms with Crippen LogP contribution in [0.1, 0.15) is 6.42 Å². The normalized spacial score (nSPS) is 53.9. The molecule has 5 atom stereocenters. The number of alkyl halides is 2. The van der Waals surface area contributed by atoms with E-state index >= 15 is 0 Å². The van der Waals surface area contributed by atoms with Crippen molar-refractivity contribution in [3.05, 3.63) is 0 Å². The van der Waals surface area contributed by atoms with Gasteiger partial charge in [-0.1, -0.05) is 0 Å². The Bertz CT molecular complexity index is 192. The molecule has 3 fully saturated rings. The number of carbonyl (C=O) groups excluding carboxylic acids is 1. The number of carbonyl (C=O) groups is 1. The molecule has 3 rings (SSSR count). The second kappa shape index (κ2) is 2.51. The van der Waals surface area contributed by atoms with Crippen molar-refractivity contribution >= 4 is 40.0 Å². The second-order valence-electron chi connectivity index (χ2n) is 3.28. The molecule has 3 aliphatic rings. The van der Waals surface area contributed by atoms with Crippen LogP contribution in [0.2, 0.25) is 0 Å². The average molecular weight is 213 g/mol. The molecule has 0 aromatic rings. The van der Waals surface area contributed by atoms with E-state index in [1.54, 1.807) is 0 Å². The van der Waals surface area contributed by atoms with Crippen molar-refractivity contribution in [2.45, 2.75) is 17.2 Å². The van der Waals surface area contributed by atoms with Gasteiger partial charge in [-0.25, -0.2) is 0 Å². The summed E-state index contributed by atoms with van der Waals surface area (Å²) in [6, 6.07) is 0. The Kier molecular flexibility index (Phi) is 1.86. The molecule has 3 aliphatic carbocycles. The smallest absolute Gasteiger partial charge is 0.225 e. The van der Waals surface area contributed by atoms with Crippen LogP contribution in [-0.2, 0) is 4.79 Å². The molecule has 3 saturated carbocycles. The van der Waals surface area contributed by atoms with Crippen molar-refractivity contribution in [1.29, 1.82) is 0 Å². The zero-order valence-electron chi connectivity index (χ0n) is 5.64. The summed E-state index contributed by atoms with van der Waals surface area (Å²) in [5.41, 5.74) is 0. The molecule has 4 heteroatoms. The first-order valence-corrected chi connectivity index (χ1v) is 4.85. The van der Waals surface area contributed by atoms with E-state index in [4.69, 9.17) is 34.8 Å². The van der Waals surface area contributed by atoms with E-state index in [9.17, 15) is 4.79 Å². The number of halogens is 3. The van der Waals surface area contributed by atoms with E-state index < -0.39 is 0 Å². The second-order valence-corrected chi connectivity index (χ2v) is 4.66. The third kappa shape index (κ3) is 0.944. The van der Waals surface area contributed by atoms with Gasteiger partial charge < -0.3 is 0 Å². The van der Waals surface area contributed by atoms with Gasteiger partial charge in [-0.2, -0.15) is 0 Å². The molecule has 0 aromatic carbocycles. The molecule has 11 heavy (non-hydrogen) atoms. The van der Waals surface area contributed by atoms with Gasteiger partial charge in [-0.3, -0.25) is 4.79 Å². The predicted octanol–water partition coefficient (Wildman–Crippen LogP) is 2.23. The molecule has 0 heterocycles. The molecular formula is C7H7Cl3O. The zero-order valence-corrected chi connectivity index (χ0v) is 7.90. The summed E-state index contributed by atoms with van der Waals surface area (Å²) in [6.45, 7) is 0. The van der Waals surface area contributed by atoms with E-state index in [1.807, 2.05) is 0 Å². The van der Waals surface area contributed by atoms with Crippen LogP contribution in [0.4, 0.5) is 0 Å². The molecule has 0 aromatic heterocycles. The Morgan fingerprint density at radius 2 is 1.64 bits per heavy atom. The first-order chi connectivity index (χ1) is 5.13. The lowest BCUT2D eigenvalue weighted by molar-refractivity contribution is -0.120. The van der Waals surface area contributed by atoms with E-state index in [2.05, 4.69) is 0 Å². The Morgan fingerprint density at radius 1 is 1.18 bits per heavy atom. The van der Waals surface area contributed by atoms with Crippen molar-refractivity contribution in [2.75, 3.05) is 0 Å². The van der Waals surface area contributed by atoms with Crippen LogP contribution in [-0.4, -0.2) is 16.0 Å². The summed E-state index contributed by atoms with van der Waals surface area (Å²) in [4.78, 5) is 10.8. The lowest BCUT2D eigenvalue weighted by atomic mass is 9.73. The minimum atomic E-state index is -0.264. The summed E-state index contributed by atoms with van der Waals surface area (Å²) in [6.07, 6.45) is 0.978. The fourth-order valence-electron chi connectivity index (χ4n) is 2.19. The summed E-state index contributed by atoms with van der Waals surface area (Å²) >= 11 is 17.3. The minimum absolute atomic E-state index is 0.0469. The SMILES string of the molecule is O=C(Cl)C1[C@H]2C[C@@H]1[C@H](Cl)[C@H]2Cl. The van der Waals surface area contributed by atoms with E-state index in [0.717, 1.165) is 6.42 Å². The number of rotatable bonds is 1. The Labute approximate surface area is 80.0 Å². The van der Waals surface area contributed by atoms with E-state index in [1.165, 1.54) is 0 Å². The van der Waals surface area contributed by atoms with Gasteiger partial charge in [0.25, 0.3) is 0 Å². The molecule has 0 saturated heterocycles. The summed E-state index contributed by atoms with van der Waals surface area (Å²) in [5, 5.41) is -0.358. The third-order valence-corrected chi connectivity index (χ3v) is 4.42. The van der Waals surface area contributed by atoms with Crippen LogP contribution in [0, 0.1) is 17.8 Å². The largest absolute Gasteiger partial charge is 0.281 e. The maximum Gasteiger partial charge on any atom is 0.225 e.